The van der Waals surface area contributed by atoms with Gasteiger partial charge in [-0.15, -0.1) is 0 Å². The molecule has 0 aromatic rings. The van der Waals surface area contributed by atoms with Crippen molar-refractivity contribution in [3.8, 4) is 0 Å². The molecule has 0 radical (unpaired) electrons. The highest BCUT2D eigenvalue weighted by Crippen LogP contribution is 2.09. The van der Waals surface area contributed by atoms with E-state index < -0.39 is 0 Å². The Morgan fingerprint density at radius 1 is 1.42 bits per heavy atom. The maximum Gasteiger partial charge on any atom is 0.0248 e. The van der Waals surface area contributed by atoms with Gasteiger partial charge in [-0.25, -0.2) is 0 Å². The largest absolute Gasteiger partial charge is 0.309 e. The van der Waals surface area contributed by atoms with Gasteiger partial charge in [-0.2, -0.15) is 0 Å². The molecule has 0 amide bonds. The van der Waals surface area contributed by atoms with Crippen molar-refractivity contribution >= 4 is 0 Å². The number of nitrogens with two attached hydrogens (primary N) is 1. The molecule has 0 aliphatic carbocycles. The zero-order valence-corrected chi connectivity index (χ0v) is 8.80. The van der Waals surface area contributed by atoms with Gasteiger partial charge >= 0.3 is 0 Å². The van der Waals surface area contributed by atoms with Crippen LogP contribution in [0.4, 0.5) is 0 Å². The number of hydrogen-bond acceptors (Lipinski definition) is 3. The molecular weight excluding hydrogens is 150 g/mol. The molecule has 3 nitrogen and oxygen atoms in total. The maximum absolute atomic E-state index is 5.47. The number of hydrazine groups is 1. The van der Waals surface area contributed by atoms with Crippen molar-refractivity contribution in [3.05, 3.63) is 0 Å². The molecule has 0 bridgehead atoms. The first-order chi connectivity index (χ1) is 5.61. The van der Waals surface area contributed by atoms with Crippen molar-refractivity contribution in [2.75, 3.05) is 20.6 Å². The van der Waals surface area contributed by atoms with Gasteiger partial charge in [0.05, 0.1) is 0 Å². The predicted molar refractivity (Wildman–Crippen MR) is 53.7 cm³/mol. The Morgan fingerprint density at radius 2 is 2.00 bits per heavy atom. The predicted octanol–water partition coefficient (Wildman–Crippen LogP) is 0.816. The summed E-state index contributed by atoms with van der Waals surface area (Å²) in [5.41, 5.74) is 2.88. The molecule has 2 unspecified atom stereocenters. The van der Waals surface area contributed by atoms with Crippen LogP contribution in [-0.4, -0.2) is 31.6 Å². The molecular formula is C9H23N3. The molecule has 0 aliphatic heterocycles. The molecule has 0 aromatic heterocycles. The van der Waals surface area contributed by atoms with Crippen LogP contribution < -0.4 is 11.3 Å². The molecule has 0 spiro atoms. The van der Waals surface area contributed by atoms with Gasteiger partial charge in [-0.1, -0.05) is 20.3 Å². The van der Waals surface area contributed by atoms with Gasteiger partial charge in [0.2, 0.25) is 0 Å². The summed E-state index contributed by atoms with van der Waals surface area (Å²) < 4.78 is 0. The van der Waals surface area contributed by atoms with Crippen LogP contribution in [0.3, 0.4) is 0 Å². The van der Waals surface area contributed by atoms with Crippen LogP contribution in [0.5, 0.6) is 0 Å². The normalized spacial score (nSPS) is 16.5. The van der Waals surface area contributed by atoms with Crippen molar-refractivity contribution in [1.29, 1.82) is 0 Å². The number of nitrogens with one attached hydrogen (secondary N) is 1. The summed E-state index contributed by atoms with van der Waals surface area (Å²) in [6.07, 6.45) is 2.31. The minimum atomic E-state index is 0.456. The van der Waals surface area contributed by atoms with E-state index in [1.807, 2.05) is 0 Å². The van der Waals surface area contributed by atoms with Crippen LogP contribution in [0.1, 0.15) is 26.7 Å². The summed E-state index contributed by atoms with van der Waals surface area (Å²) in [7, 11) is 4.17. The average Bonchev–Trinajstić information content (AvgIpc) is 2.04. The molecule has 0 saturated carbocycles. The molecule has 0 aliphatic rings. The van der Waals surface area contributed by atoms with Crippen LogP contribution in [0.2, 0.25) is 0 Å². The third-order valence-electron chi connectivity index (χ3n) is 2.43. The molecule has 3 N–H and O–H groups in total. The lowest BCUT2D eigenvalue weighted by molar-refractivity contribution is 0.302. The van der Waals surface area contributed by atoms with E-state index in [4.69, 9.17) is 5.84 Å². The van der Waals surface area contributed by atoms with Gasteiger partial charge in [0.25, 0.3) is 0 Å². The fraction of sp³-hybridized carbons (Fsp3) is 1.00. The standard InChI is InChI=1S/C9H23N3/c1-5-8(2)9(11-10)6-7-12(3)4/h8-9,11H,5-7,10H2,1-4H3. The SMILES string of the molecule is CCC(C)C(CCN(C)C)NN. The summed E-state index contributed by atoms with van der Waals surface area (Å²) in [5, 5.41) is 0. The smallest absolute Gasteiger partial charge is 0.0248 e. The second-order valence-corrected chi connectivity index (χ2v) is 3.75. The highest BCUT2D eigenvalue weighted by Gasteiger charge is 2.13. The second kappa shape index (κ2) is 6.40. The first-order valence-electron chi connectivity index (χ1n) is 4.72. The van der Waals surface area contributed by atoms with Crippen LogP contribution in [0.25, 0.3) is 0 Å². The lowest BCUT2D eigenvalue weighted by Crippen LogP contribution is -2.41. The Morgan fingerprint density at radius 3 is 2.33 bits per heavy atom. The lowest BCUT2D eigenvalue weighted by Gasteiger charge is -2.23. The van der Waals surface area contributed by atoms with E-state index in [1.54, 1.807) is 0 Å². The fourth-order valence-electron chi connectivity index (χ4n) is 1.21. The Balaban J connectivity index is 3.67. The number of hydrogen-bond donors (Lipinski definition) is 2. The summed E-state index contributed by atoms with van der Waals surface area (Å²) in [6, 6.07) is 0.456. The van der Waals surface area contributed by atoms with E-state index in [1.165, 1.54) is 6.42 Å². The van der Waals surface area contributed by atoms with Gasteiger partial charge in [0.1, 0.15) is 0 Å². The van der Waals surface area contributed by atoms with Gasteiger partial charge in [0, 0.05) is 6.04 Å². The van der Waals surface area contributed by atoms with Gasteiger partial charge < -0.3 is 4.90 Å². The van der Waals surface area contributed by atoms with Gasteiger partial charge in [-0.3, -0.25) is 11.3 Å². The molecule has 0 rings (SSSR count). The zero-order valence-electron chi connectivity index (χ0n) is 8.80. The first-order valence-corrected chi connectivity index (χ1v) is 4.72. The van der Waals surface area contributed by atoms with E-state index in [-0.39, 0.29) is 0 Å². The molecule has 74 valence electrons. The van der Waals surface area contributed by atoms with Crippen molar-refractivity contribution in [3.63, 3.8) is 0 Å². The molecule has 2 atom stereocenters. The Labute approximate surface area is 76.3 Å². The molecule has 0 heterocycles. The van der Waals surface area contributed by atoms with Crippen molar-refractivity contribution in [1.82, 2.24) is 10.3 Å². The molecule has 0 fully saturated rings. The van der Waals surface area contributed by atoms with Crippen LogP contribution in [0.15, 0.2) is 0 Å². The number of rotatable bonds is 6. The van der Waals surface area contributed by atoms with E-state index in [0.29, 0.717) is 12.0 Å². The van der Waals surface area contributed by atoms with Crippen LogP contribution >= 0.6 is 0 Å². The summed E-state index contributed by atoms with van der Waals surface area (Å²) in [4.78, 5) is 2.19. The quantitative estimate of drug-likeness (QED) is 0.461. The summed E-state index contributed by atoms with van der Waals surface area (Å²) in [5.74, 6) is 6.13. The van der Waals surface area contributed by atoms with Crippen molar-refractivity contribution < 1.29 is 0 Å². The van der Waals surface area contributed by atoms with Crippen molar-refractivity contribution in [2.24, 2.45) is 11.8 Å². The van der Waals surface area contributed by atoms with Crippen molar-refractivity contribution in [2.45, 2.75) is 32.7 Å². The Kier molecular flexibility index (Phi) is 6.34. The minimum Gasteiger partial charge on any atom is -0.309 e. The third-order valence-corrected chi connectivity index (χ3v) is 2.43. The van der Waals surface area contributed by atoms with E-state index in [9.17, 15) is 0 Å². The maximum atomic E-state index is 5.47. The van der Waals surface area contributed by atoms with Crippen LogP contribution in [0, 0.1) is 5.92 Å². The highest BCUT2D eigenvalue weighted by atomic mass is 15.2. The number of nitrogens with zero attached hydrogens (tertiary/aromatic N) is 1. The Bertz CT molecular complexity index is 104. The third kappa shape index (κ3) is 4.70. The van der Waals surface area contributed by atoms with Crippen LogP contribution in [-0.2, 0) is 0 Å². The molecule has 12 heavy (non-hydrogen) atoms. The fourth-order valence-corrected chi connectivity index (χ4v) is 1.21. The second-order valence-electron chi connectivity index (χ2n) is 3.75. The highest BCUT2D eigenvalue weighted by molar-refractivity contribution is 4.70. The van der Waals surface area contributed by atoms with Gasteiger partial charge in [-0.05, 0) is 33.0 Å². The minimum absolute atomic E-state index is 0.456. The molecule has 3 heteroatoms. The lowest BCUT2D eigenvalue weighted by atomic mass is 9.97. The average molecular weight is 173 g/mol. The Hall–Kier alpha value is -0.120. The van der Waals surface area contributed by atoms with E-state index in [0.717, 1.165) is 13.0 Å². The zero-order chi connectivity index (χ0) is 9.56. The molecule has 0 aromatic carbocycles. The first kappa shape index (κ1) is 11.9. The molecule has 0 saturated heterocycles. The van der Waals surface area contributed by atoms with E-state index in [2.05, 4.69) is 38.3 Å². The van der Waals surface area contributed by atoms with E-state index >= 15 is 0 Å². The monoisotopic (exact) mass is 173 g/mol. The topological polar surface area (TPSA) is 41.3 Å². The summed E-state index contributed by atoms with van der Waals surface area (Å²) in [6.45, 7) is 5.53. The van der Waals surface area contributed by atoms with Gasteiger partial charge in [0.15, 0.2) is 0 Å². The summed E-state index contributed by atoms with van der Waals surface area (Å²) >= 11 is 0.